The van der Waals surface area contributed by atoms with Crippen LogP contribution in [0.1, 0.15) is 6.42 Å². The van der Waals surface area contributed by atoms with Crippen LogP contribution in [0.5, 0.6) is 0 Å². The van der Waals surface area contributed by atoms with E-state index in [-0.39, 0.29) is 12.2 Å². The molecule has 78 valence electrons. The van der Waals surface area contributed by atoms with Gasteiger partial charge in [-0.3, -0.25) is 4.39 Å². The lowest BCUT2D eigenvalue weighted by Crippen LogP contribution is -2.47. The number of hydrogen-bond donors (Lipinski definition) is 1. The zero-order valence-corrected chi connectivity index (χ0v) is 8.32. The Morgan fingerprint density at radius 1 is 1.31 bits per heavy atom. The summed E-state index contributed by atoms with van der Waals surface area (Å²) in [5.41, 5.74) is 0. The van der Waals surface area contributed by atoms with Crippen molar-refractivity contribution >= 4 is 10.0 Å². The number of hydrogen-bond acceptors (Lipinski definition) is 3. The number of halogens is 1. The molecule has 0 unspecified atom stereocenters. The largest absolute Gasteiger partial charge is 0.314 e. The molecule has 0 radical (unpaired) electrons. The van der Waals surface area contributed by atoms with Crippen LogP contribution in [0.15, 0.2) is 0 Å². The predicted molar refractivity (Wildman–Crippen MR) is 48.8 cm³/mol. The van der Waals surface area contributed by atoms with Gasteiger partial charge in [-0.15, -0.1) is 0 Å². The Hall–Kier alpha value is -0.200. The molecule has 1 aliphatic heterocycles. The summed E-state index contributed by atoms with van der Waals surface area (Å²) in [6.07, 6.45) is 0.103. The minimum Gasteiger partial charge on any atom is -0.314 e. The summed E-state index contributed by atoms with van der Waals surface area (Å²) in [7, 11) is -3.19. The van der Waals surface area contributed by atoms with Crippen LogP contribution in [0.3, 0.4) is 0 Å². The third kappa shape index (κ3) is 3.21. The highest BCUT2D eigenvalue weighted by Crippen LogP contribution is 2.04. The van der Waals surface area contributed by atoms with E-state index in [4.69, 9.17) is 0 Å². The maximum Gasteiger partial charge on any atom is 0.214 e. The Morgan fingerprint density at radius 2 is 1.92 bits per heavy atom. The van der Waals surface area contributed by atoms with E-state index < -0.39 is 16.7 Å². The molecule has 0 aromatic heterocycles. The van der Waals surface area contributed by atoms with Crippen LogP contribution in [0.25, 0.3) is 0 Å². The zero-order valence-electron chi connectivity index (χ0n) is 7.50. The number of piperazine rings is 1. The number of alkyl halides is 1. The van der Waals surface area contributed by atoms with E-state index in [1.807, 2.05) is 0 Å². The van der Waals surface area contributed by atoms with Crippen molar-refractivity contribution in [3.63, 3.8) is 0 Å². The molecule has 6 heteroatoms. The molecular formula is C7H15FN2O2S. The van der Waals surface area contributed by atoms with Gasteiger partial charge in [0.05, 0.1) is 12.4 Å². The fourth-order valence-corrected chi connectivity index (χ4v) is 2.76. The maximum absolute atomic E-state index is 11.8. The lowest BCUT2D eigenvalue weighted by molar-refractivity contribution is 0.358. The highest BCUT2D eigenvalue weighted by Gasteiger charge is 2.22. The highest BCUT2D eigenvalue weighted by atomic mass is 32.2. The fourth-order valence-electron chi connectivity index (χ4n) is 1.29. The first-order valence-corrected chi connectivity index (χ1v) is 6.02. The van der Waals surface area contributed by atoms with Crippen LogP contribution >= 0.6 is 0 Å². The second-order valence-corrected chi connectivity index (χ2v) is 5.10. The van der Waals surface area contributed by atoms with E-state index in [0.29, 0.717) is 26.2 Å². The van der Waals surface area contributed by atoms with Crippen molar-refractivity contribution in [3.8, 4) is 0 Å². The van der Waals surface area contributed by atoms with Crippen molar-refractivity contribution in [2.45, 2.75) is 6.42 Å². The average molecular weight is 210 g/mol. The van der Waals surface area contributed by atoms with Gasteiger partial charge in [-0.25, -0.2) is 8.42 Å². The van der Waals surface area contributed by atoms with E-state index in [1.54, 1.807) is 0 Å². The van der Waals surface area contributed by atoms with Gasteiger partial charge < -0.3 is 5.32 Å². The quantitative estimate of drug-likeness (QED) is 0.685. The first kappa shape index (κ1) is 10.9. The van der Waals surface area contributed by atoms with Gasteiger partial charge in [0, 0.05) is 26.2 Å². The summed E-state index contributed by atoms with van der Waals surface area (Å²) in [5.74, 6) is -0.0660. The molecule has 13 heavy (non-hydrogen) atoms. The lowest BCUT2D eigenvalue weighted by atomic mass is 10.4. The van der Waals surface area contributed by atoms with Crippen molar-refractivity contribution in [2.24, 2.45) is 0 Å². The Bertz CT molecular complexity index is 237. The van der Waals surface area contributed by atoms with Crippen LogP contribution in [0.2, 0.25) is 0 Å². The fraction of sp³-hybridized carbons (Fsp3) is 1.00. The van der Waals surface area contributed by atoms with E-state index in [0.717, 1.165) is 0 Å². The van der Waals surface area contributed by atoms with Crippen molar-refractivity contribution in [2.75, 3.05) is 38.6 Å². The SMILES string of the molecule is O=S(=O)(CCCF)N1CCNCC1. The highest BCUT2D eigenvalue weighted by molar-refractivity contribution is 7.89. The van der Waals surface area contributed by atoms with E-state index in [9.17, 15) is 12.8 Å². The van der Waals surface area contributed by atoms with Crippen molar-refractivity contribution in [1.29, 1.82) is 0 Å². The van der Waals surface area contributed by atoms with Crippen LogP contribution in [-0.2, 0) is 10.0 Å². The van der Waals surface area contributed by atoms with Crippen LogP contribution in [0, 0.1) is 0 Å². The van der Waals surface area contributed by atoms with Crippen molar-refractivity contribution in [1.82, 2.24) is 9.62 Å². The zero-order chi connectivity index (χ0) is 9.73. The standard InChI is InChI=1S/C7H15FN2O2S/c8-2-1-7-13(11,12)10-5-3-9-4-6-10/h9H,1-7H2. The molecule has 1 N–H and O–H groups in total. The second-order valence-electron chi connectivity index (χ2n) is 3.01. The summed E-state index contributed by atoms with van der Waals surface area (Å²) >= 11 is 0. The molecule has 0 saturated carbocycles. The maximum atomic E-state index is 11.8. The van der Waals surface area contributed by atoms with Crippen molar-refractivity contribution in [3.05, 3.63) is 0 Å². The van der Waals surface area contributed by atoms with Crippen LogP contribution in [0.4, 0.5) is 4.39 Å². The Kier molecular flexibility index (Phi) is 4.08. The molecule has 0 aromatic carbocycles. The molecule has 1 heterocycles. The smallest absolute Gasteiger partial charge is 0.214 e. The van der Waals surface area contributed by atoms with E-state index in [2.05, 4.69) is 5.32 Å². The predicted octanol–water partition coefficient (Wildman–Crippen LogP) is -0.419. The molecule has 0 aliphatic carbocycles. The van der Waals surface area contributed by atoms with Gasteiger partial charge in [0.1, 0.15) is 0 Å². The molecule has 1 rings (SSSR count). The second kappa shape index (κ2) is 4.88. The minimum absolute atomic E-state index is 0.0660. The molecule has 0 amide bonds. The molecule has 0 bridgehead atoms. The molecule has 1 fully saturated rings. The van der Waals surface area contributed by atoms with Crippen molar-refractivity contribution < 1.29 is 12.8 Å². The van der Waals surface area contributed by atoms with Gasteiger partial charge in [-0.05, 0) is 6.42 Å². The first-order valence-electron chi connectivity index (χ1n) is 4.41. The Balaban J connectivity index is 2.47. The molecule has 0 spiro atoms. The van der Waals surface area contributed by atoms with Crippen LogP contribution < -0.4 is 5.32 Å². The summed E-state index contributed by atoms with van der Waals surface area (Å²) in [4.78, 5) is 0. The molecule has 0 atom stereocenters. The molecule has 1 saturated heterocycles. The topological polar surface area (TPSA) is 49.4 Å². The molecule has 0 aromatic rings. The van der Waals surface area contributed by atoms with Gasteiger partial charge in [-0.2, -0.15) is 4.31 Å². The summed E-state index contributed by atoms with van der Waals surface area (Å²) in [6, 6.07) is 0. The number of nitrogens with one attached hydrogen (secondary N) is 1. The monoisotopic (exact) mass is 210 g/mol. The summed E-state index contributed by atoms with van der Waals surface area (Å²) in [6.45, 7) is 1.83. The number of rotatable bonds is 4. The minimum atomic E-state index is -3.19. The van der Waals surface area contributed by atoms with Gasteiger partial charge in [0.15, 0.2) is 0 Å². The lowest BCUT2D eigenvalue weighted by Gasteiger charge is -2.26. The van der Waals surface area contributed by atoms with Gasteiger partial charge >= 0.3 is 0 Å². The summed E-state index contributed by atoms with van der Waals surface area (Å²) in [5, 5.41) is 3.06. The van der Waals surface area contributed by atoms with E-state index in [1.165, 1.54) is 4.31 Å². The van der Waals surface area contributed by atoms with Gasteiger partial charge in [-0.1, -0.05) is 0 Å². The van der Waals surface area contributed by atoms with Gasteiger partial charge in [0.2, 0.25) is 10.0 Å². The van der Waals surface area contributed by atoms with E-state index >= 15 is 0 Å². The third-order valence-corrected chi connectivity index (χ3v) is 3.96. The van der Waals surface area contributed by atoms with Gasteiger partial charge in [0.25, 0.3) is 0 Å². The molecular weight excluding hydrogens is 195 g/mol. The number of sulfonamides is 1. The Labute approximate surface area is 78.2 Å². The van der Waals surface area contributed by atoms with Crippen LogP contribution in [-0.4, -0.2) is 51.3 Å². The summed E-state index contributed by atoms with van der Waals surface area (Å²) < 4.78 is 36.2. The Morgan fingerprint density at radius 3 is 2.46 bits per heavy atom. The molecule has 4 nitrogen and oxygen atoms in total. The average Bonchev–Trinajstić information content (AvgIpc) is 2.16. The third-order valence-electron chi connectivity index (χ3n) is 2.01. The number of nitrogens with zero attached hydrogens (tertiary/aromatic N) is 1. The normalized spacial score (nSPS) is 20.4. The first-order chi connectivity index (χ1) is 6.17. The molecule has 1 aliphatic rings.